The van der Waals surface area contributed by atoms with E-state index in [2.05, 4.69) is 41.9 Å². The van der Waals surface area contributed by atoms with Gasteiger partial charge in [-0.3, -0.25) is 4.57 Å². The van der Waals surface area contributed by atoms with Gasteiger partial charge in [0.25, 0.3) is 0 Å². The van der Waals surface area contributed by atoms with Crippen LogP contribution < -0.4 is 0 Å². The van der Waals surface area contributed by atoms with Crippen molar-refractivity contribution in [2.45, 2.75) is 31.3 Å². The lowest BCUT2D eigenvalue weighted by Crippen LogP contribution is -2.03. The van der Waals surface area contributed by atoms with Crippen LogP contribution in [0.5, 0.6) is 0 Å². The number of nitrogens with zero attached hydrogens (tertiary/aromatic N) is 3. The van der Waals surface area contributed by atoms with Crippen LogP contribution in [0.4, 0.5) is 0 Å². The van der Waals surface area contributed by atoms with Gasteiger partial charge in [-0.1, -0.05) is 31.5 Å². The Bertz CT molecular complexity index is 497. The third kappa shape index (κ3) is 4.01. The fourth-order valence-corrected chi connectivity index (χ4v) is 3.12. The summed E-state index contributed by atoms with van der Waals surface area (Å²) in [5.41, 5.74) is 1.08. The summed E-state index contributed by atoms with van der Waals surface area (Å²) in [5.74, 6) is 3.29. The van der Waals surface area contributed by atoms with E-state index < -0.39 is 0 Å². The van der Waals surface area contributed by atoms with Crippen molar-refractivity contribution in [3.05, 3.63) is 36.2 Å². The molecule has 2 rings (SSSR count). The SMILES string of the molecule is CCCCSCCc1nnc(S)n1-c1ccccc1. The summed E-state index contributed by atoms with van der Waals surface area (Å²) < 4.78 is 2.02. The highest BCUT2D eigenvalue weighted by molar-refractivity contribution is 7.99. The van der Waals surface area contributed by atoms with E-state index in [0.717, 1.165) is 23.7 Å². The van der Waals surface area contributed by atoms with E-state index in [4.69, 9.17) is 0 Å². The Morgan fingerprint density at radius 2 is 1.95 bits per heavy atom. The summed E-state index contributed by atoms with van der Waals surface area (Å²) in [6.45, 7) is 2.22. The van der Waals surface area contributed by atoms with E-state index in [-0.39, 0.29) is 0 Å². The Balaban J connectivity index is 2.02. The van der Waals surface area contributed by atoms with Crippen molar-refractivity contribution < 1.29 is 0 Å². The van der Waals surface area contributed by atoms with Crippen LogP contribution in [-0.4, -0.2) is 26.3 Å². The second-order valence-electron chi connectivity index (χ2n) is 4.30. The predicted octanol–water partition coefficient (Wildman–Crippen LogP) is 3.63. The quantitative estimate of drug-likeness (QED) is 0.624. The maximum absolute atomic E-state index is 4.39. The molecule has 0 bridgehead atoms. The van der Waals surface area contributed by atoms with Crippen LogP contribution >= 0.6 is 24.4 Å². The van der Waals surface area contributed by atoms with Crippen molar-refractivity contribution in [3.8, 4) is 5.69 Å². The molecule has 0 atom stereocenters. The molecule has 2 aromatic rings. The average molecular weight is 293 g/mol. The third-order valence-electron chi connectivity index (χ3n) is 2.84. The Kier molecular flexibility index (Phi) is 5.79. The number of hydrogen-bond acceptors (Lipinski definition) is 4. The van der Waals surface area contributed by atoms with Gasteiger partial charge in [-0.25, -0.2) is 0 Å². The van der Waals surface area contributed by atoms with Gasteiger partial charge in [-0.2, -0.15) is 11.8 Å². The summed E-state index contributed by atoms with van der Waals surface area (Å²) in [7, 11) is 0. The van der Waals surface area contributed by atoms with Crippen LogP contribution in [0, 0.1) is 0 Å². The van der Waals surface area contributed by atoms with Gasteiger partial charge in [-0.05, 0) is 24.3 Å². The third-order valence-corrected chi connectivity index (χ3v) is 4.20. The second kappa shape index (κ2) is 7.60. The maximum Gasteiger partial charge on any atom is 0.192 e. The van der Waals surface area contributed by atoms with Crippen LogP contribution in [0.1, 0.15) is 25.6 Å². The molecule has 3 nitrogen and oxygen atoms in total. The van der Waals surface area contributed by atoms with Crippen LogP contribution in [0.25, 0.3) is 5.69 Å². The van der Waals surface area contributed by atoms with Crippen molar-refractivity contribution in [1.29, 1.82) is 0 Å². The number of thiol groups is 1. The minimum Gasteiger partial charge on any atom is -0.274 e. The standard InChI is InChI=1S/C14H19N3S2/c1-2-3-10-19-11-9-13-15-16-14(18)17(13)12-7-5-4-6-8-12/h4-8H,2-3,9-11H2,1H3,(H,16,18). The molecule has 0 N–H and O–H groups in total. The molecule has 1 aromatic carbocycles. The molecule has 0 aliphatic heterocycles. The number of benzene rings is 1. The fraction of sp³-hybridized carbons (Fsp3) is 0.429. The molecule has 0 aliphatic carbocycles. The Morgan fingerprint density at radius 1 is 1.16 bits per heavy atom. The smallest absolute Gasteiger partial charge is 0.192 e. The largest absolute Gasteiger partial charge is 0.274 e. The number of rotatable bonds is 7. The van der Waals surface area contributed by atoms with Gasteiger partial charge in [0.15, 0.2) is 5.16 Å². The number of aromatic nitrogens is 3. The van der Waals surface area contributed by atoms with Crippen molar-refractivity contribution in [2.75, 3.05) is 11.5 Å². The molecule has 0 aliphatic rings. The zero-order chi connectivity index (χ0) is 13.5. The molecule has 102 valence electrons. The molecule has 1 heterocycles. The molecule has 5 heteroatoms. The summed E-state index contributed by atoms with van der Waals surface area (Å²) in [6, 6.07) is 10.1. The normalized spacial score (nSPS) is 10.8. The first-order valence-corrected chi connectivity index (χ1v) is 8.19. The van der Waals surface area contributed by atoms with Crippen molar-refractivity contribution in [1.82, 2.24) is 14.8 Å². The molecule has 0 fully saturated rings. The number of aryl methyl sites for hydroxylation is 1. The van der Waals surface area contributed by atoms with Crippen molar-refractivity contribution >= 4 is 24.4 Å². The van der Waals surface area contributed by atoms with E-state index in [9.17, 15) is 0 Å². The van der Waals surface area contributed by atoms with Gasteiger partial charge >= 0.3 is 0 Å². The molecule has 0 spiro atoms. The average Bonchev–Trinajstić information content (AvgIpc) is 2.81. The van der Waals surface area contributed by atoms with Crippen LogP contribution in [0.3, 0.4) is 0 Å². The van der Waals surface area contributed by atoms with E-state index in [1.807, 2.05) is 34.5 Å². The first-order chi connectivity index (χ1) is 9.33. The molecule has 0 amide bonds. The monoisotopic (exact) mass is 293 g/mol. The van der Waals surface area contributed by atoms with E-state index in [1.165, 1.54) is 18.6 Å². The van der Waals surface area contributed by atoms with Crippen molar-refractivity contribution in [2.24, 2.45) is 0 Å². The Labute approximate surface area is 124 Å². The van der Waals surface area contributed by atoms with E-state index >= 15 is 0 Å². The molecule has 0 radical (unpaired) electrons. The minimum absolute atomic E-state index is 0.653. The number of thioether (sulfide) groups is 1. The lowest BCUT2D eigenvalue weighted by molar-refractivity contribution is 0.842. The molecule has 0 saturated carbocycles. The molecule has 19 heavy (non-hydrogen) atoms. The summed E-state index contributed by atoms with van der Waals surface area (Å²) in [6.07, 6.45) is 3.47. The maximum atomic E-state index is 4.39. The Morgan fingerprint density at radius 3 is 2.68 bits per heavy atom. The van der Waals surface area contributed by atoms with Gasteiger partial charge in [0.1, 0.15) is 5.82 Å². The van der Waals surface area contributed by atoms with Gasteiger partial charge in [-0.15, -0.1) is 22.8 Å². The zero-order valence-corrected chi connectivity index (χ0v) is 12.8. The van der Waals surface area contributed by atoms with Gasteiger partial charge in [0.2, 0.25) is 0 Å². The second-order valence-corrected chi connectivity index (χ2v) is 5.93. The number of unbranched alkanes of at least 4 members (excludes halogenated alkanes) is 1. The van der Waals surface area contributed by atoms with E-state index in [1.54, 1.807) is 0 Å². The first kappa shape index (κ1) is 14.5. The van der Waals surface area contributed by atoms with Gasteiger partial charge in [0.05, 0.1) is 0 Å². The molecule has 0 saturated heterocycles. The predicted molar refractivity (Wildman–Crippen MR) is 84.5 cm³/mol. The molecule has 0 unspecified atom stereocenters. The van der Waals surface area contributed by atoms with Crippen LogP contribution in [-0.2, 0) is 6.42 Å². The first-order valence-electron chi connectivity index (χ1n) is 6.59. The Hall–Kier alpha value is -0.940. The summed E-state index contributed by atoms with van der Waals surface area (Å²) in [4.78, 5) is 0. The number of hydrogen-bond donors (Lipinski definition) is 1. The van der Waals surface area contributed by atoms with E-state index in [0.29, 0.717) is 5.16 Å². The minimum atomic E-state index is 0.653. The highest BCUT2D eigenvalue weighted by Gasteiger charge is 2.10. The van der Waals surface area contributed by atoms with Crippen molar-refractivity contribution in [3.63, 3.8) is 0 Å². The highest BCUT2D eigenvalue weighted by Crippen LogP contribution is 2.17. The topological polar surface area (TPSA) is 30.7 Å². The lowest BCUT2D eigenvalue weighted by Gasteiger charge is -2.07. The molecular formula is C14H19N3S2. The van der Waals surface area contributed by atoms with Crippen LogP contribution in [0.15, 0.2) is 35.5 Å². The van der Waals surface area contributed by atoms with Crippen LogP contribution in [0.2, 0.25) is 0 Å². The fourth-order valence-electron chi connectivity index (χ4n) is 1.82. The summed E-state index contributed by atoms with van der Waals surface area (Å²) >= 11 is 6.37. The van der Waals surface area contributed by atoms with Gasteiger partial charge in [0, 0.05) is 17.9 Å². The number of para-hydroxylation sites is 1. The van der Waals surface area contributed by atoms with Gasteiger partial charge < -0.3 is 0 Å². The molecule has 1 aromatic heterocycles. The zero-order valence-electron chi connectivity index (χ0n) is 11.1. The molecular weight excluding hydrogens is 274 g/mol. The lowest BCUT2D eigenvalue weighted by atomic mass is 10.3. The highest BCUT2D eigenvalue weighted by atomic mass is 32.2. The summed E-state index contributed by atoms with van der Waals surface area (Å²) in [5, 5.41) is 8.96.